The number of anilines is 1. The fourth-order valence-corrected chi connectivity index (χ4v) is 2.91. The maximum Gasteiger partial charge on any atom is 0.220 e. The molecule has 0 fully saturated rings. The highest BCUT2D eigenvalue weighted by Gasteiger charge is 2.30. The Hall–Kier alpha value is -2.30. The zero-order valence-electron chi connectivity index (χ0n) is 11.8. The van der Waals surface area contributed by atoms with Crippen LogP contribution in [0.2, 0.25) is 0 Å². The first kappa shape index (κ1) is 13.7. The van der Waals surface area contributed by atoms with Crippen LogP contribution >= 0.6 is 0 Å². The molecule has 0 spiro atoms. The van der Waals surface area contributed by atoms with E-state index in [9.17, 15) is 9.18 Å². The van der Waals surface area contributed by atoms with Crippen molar-refractivity contribution in [1.82, 2.24) is 9.97 Å². The minimum atomic E-state index is -0.277. The summed E-state index contributed by atoms with van der Waals surface area (Å²) >= 11 is 0. The van der Waals surface area contributed by atoms with Crippen molar-refractivity contribution in [3.05, 3.63) is 52.6 Å². The number of aromatic nitrogens is 2. The lowest BCUT2D eigenvalue weighted by atomic mass is 9.81. The molecule has 0 amide bonds. The van der Waals surface area contributed by atoms with E-state index in [0.29, 0.717) is 30.5 Å². The van der Waals surface area contributed by atoms with Crippen LogP contribution in [-0.4, -0.2) is 15.8 Å². The van der Waals surface area contributed by atoms with Crippen molar-refractivity contribution in [2.45, 2.75) is 32.1 Å². The Morgan fingerprint density at radius 3 is 2.62 bits per heavy atom. The van der Waals surface area contributed by atoms with Crippen LogP contribution in [0.1, 0.15) is 46.6 Å². The number of hydrogen-bond acceptors (Lipinski definition) is 4. The first-order valence-corrected chi connectivity index (χ1v) is 7.02. The smallest absolute Gasteiger partial charge is 0.220 e. The average Bonchev–Trinajstić information content (AvgIpc) is 2.46. The van der Waals surface area contributed by atoms with Gasteiger partial charge in [-0.1, -0.05) is 19.1 Å². The van der Waals surface area contributed by atoms with Crippen LogP contribution in [0.25, 0.3) is 0 Å². The molecule has 1 aliphatic rings. The predicted octanol–water partition coefficient (Wildman–Crippen LogP) is 2.67. The number of hydrogen-bond donors (Lipinski definition) is 1. The quantitative estimate of drug-likeness (QED) is 0.921. The summed E-state index contributed by atoms with van der Waals surface area (Å²) in [5, 5.41) is 0. The van der Waals surface area contributed by atoms with Gasteiger partial charge in [0, 0.05) is 6.42 Å². The van der Waals surface area contributed by atoms with E-state index in [2.05, 4.69) is 9.97 Å². The molecule has 0 saturated carbocycles. The zero-order valence-corrected chi connectivity index (χ0v) is 11.8. The summed E-state index contributed by atoms with van der Waals surface area (Å²) in [7, 11) is 0. The summed E-state index contributed by atoms with van der Waals surface area (Å²) in [6.07, 6.45) is 1.69. The molecule has 1 aromatic heterocycles. The molecule has 1 heterocycles. The molecule has 3 rings (SSSR count). The number of nitrogen functional groups attached to an aromatic ring is 1. The van der Waals surface area contributed by atoms with E-state index in [1.54, 1.807) is 12.1 Å². The standard InChI is InChI=1S/C16H16FN3O/c1-2-12-15-13(20-16(18)19-12)7-10(8-14(15)21)9-3-5-11(17)6-4-9/h3-6,10H,2,7-8H2,1H3,(H2,18,19,20)/t10-/m0/s1. The van der Waals surface area contributed by atoms with Gasteiger partial charge < -0.3 is 5.73 Å². The Morgan fingerprint density at radius 2 is 1.95 bits per heavy atom. The van der Waals surface area contributed by atoms with Gasteiger partial charge in [0.15, 0.2) is 5.78 Å². The lowest BCUT2D eigenvalue weighted by Crippen LogP contribution is -2.23. The van der Waals surface area contributed by atoms with Crippen LogP contribution in [0, 0.1) is 5.82 Å². The van der Waals surface area contributed by atoms with Gasteiger partial charge in [-0.2, -0.15) is 0 Å². The van der Waals surface area contributed by atoms with Gasteiger partial charge in [-0.05, 0) is 36.5 Å². The number of Topliss-reactive ketones (excluding diaryl/α,β-unsaturated/α-hetero) is 1. The molecule has 2 N–H and O–H groups in total. The molecule has 0 unspecified atom stereocenters. The Balaban J connectivity index is 2.00. The second kappa shape index (κ2) is 5.24. The maximum atomic E-state index is 13.0. The minimum Gasteiger partial charge on any atom is -0.368 e. The van der Waals surface area contributed by atoms with Crippen molar-refractivity contribution in [2.75, 3.05) is 5.73 Å². The van der Waals surface area contributed by atoms with Gasteiger partial charge in [-0.3, -0.25) is 4.79 Å². The molecule has 5 heteroatoms. The summed E-state index contributed by atoms with van der Waals surface area (Å²) in [6, 6.07) is 6.29. The first-order chi connectivity index (χ1) is 10.1. The number of nitrogens with two attached hydrogens (primary N) is 1. The Labute approximate surface area is 122 Å². The molecule has 0 aliphatic heterocycles. The summed E-state index contributed by atoms with van der Waals surface area (Å²) < 4.78 is 13.0. The van der Waals surface area contributed by atoms with Gasteiger partial charge in [-0.25, -0.2) is 14.4 Å². The second-order valence-corrected chi connectivity index (χ2v) is 5.28. The molecule has 21 heavy (non-hydrogen) atoms. The van der Waals surface area contributed by atoms with Crippen molar-refractivity contribution in [3.63, 3.8) is 0 Å². The van der Waals surface area contributed by atoms with E-state index in [1.807, 2.05) is 6.92 Å². The fourth-order valence-electron chi connectivity index (χ4n) is 2.91. The largest absolute Gasteiger partial charge is 0.368 e. The van der Waals surface area contributed by atoms with Crippen molar-refractivity contribution in [1.29, 1.82) is 0 Å². The molecule has 108 valence electrons. The van der Waals surface area contributed by atoms with E-state index < -0.39 is 0 Å². The number of rotatable bonds is 2. The molecule has 2 aromatic rings. The van der Waals surface area contributed by atoms with E-state index in [-0.39, 0.29) is 23.5 Å². The number of ketones is 1. The van der Waals surface area contributed by atoms with Gasteiger partial charge in [0.1, 0.15) is 5.82 Å². The van der Waals surface area contributed by atoms with Gasteiger partial charge in [0.25, 0.3) is 0 Å². The summed E-state index contributed by atoms with van der Waals surface area (Å²) in [5.41, 5.74) is 8.74. The molecule has 0 radical (unpaired) electrons. The molecule has 1 aromatic carbocycles. The SMILES string of the molecule is CCc1nc(N)nc2c1C(=O)C[C@@H](c1ccc(F)cc1)C2. The van der Waals surface area contributed by atoms with Crippen LogP contribution in [0.4, 0.5) is 10.3 Å². The number of benzene rings is 1. The van der Waals surface area contributed by atoms with Crippen molar-refractivity contribution >= 4 is 11.7 Å². The highest BCUT2D eigenvalue weighted by atomic mass is 19.1. The molecule has 1 aliphatic carbocycles. The Morgan fingerprint density at radius 1 is 1.24 bits per heavy atom. The summed E-state index contributed by atoms with van der Waals surface area (Å²) in [5.74, 6) is -0.00804. The number of carbonyl (C=O) groups is 1. The Kier molecular flexibility index (Phi) is 3.41. The van der Waals surface area contributed by atoms with Crippen LogP contribution < -0.4 is 5.73 Å². The minimum absolute atomic E-state index is 0.0182. The highest BCUT2D eigenvalue weighted by molar-refractivity contribution is 5.99. The lowest BCUT2D eigenvalue weighted by molar-refractivity contribution is 0.0961. The van der Waals surface area contributed by atoms with Crippen molar-refractivity contribution in [2.24, 2.45) is 0 Å². The Bertz CT molecular complexity index is 697. The lowest BCUT2D eigenvalue weighted by Gasteiger charge is -2.24. The molecule has 4 nitrogen and oxygen atoms in total. The maximum absolute atomic E-state index is 13.0. The number of nitrogens with zero attached hydrogens (tertiary/aromatic N) is 2. The molecule has 1 atom stereocenters. The third-order valence-corrected chi connectivity index (χ3v) is 3.90. The monoisotopic (exact) mass is 285 g/mol. The summed E-state index contributed by atoms with van der Waals surface area (Å²) in [4.78, 5) is 20.8. The number of halogens is 1. The third kappa shape index (κ3) is 2.51. The second-order valence-electron chi connectivity index (χ2n) is 5.28. The molecular formula is C16H16FN3O. The van der Waals surface area contributed by atoms with Gasteiger partial charge >= 0.3 is 0 Å². The first-order valence-electron chi connectivity index (χ1n) is 7.02. The van der Waals surface area contributed by atoms with E-state index in [1.165, 1.54) is 12.1 Å². The van der Waals surface area contributed by atoms with E-state index in [4.69, 9.17) is 5.73 Å². The van der Waals surface area contributed by atoms with Crippen molar-refractivity contribution < 1.29 is 9.18 Å². The van der Waals surface area contributed by atoms with Crippen LogP contribution in [0.15, 0.2) is 24.3 Å². The number of carbonyl (C=O) groups excluding carboxylic acids is 1. The normalized spacial score (nSPS) is 17.6. The predicted molar refractivity (Wildman–Crippen MR) is 77.6 cm³/mol. The van der Waals surface area contributed by atoms with Crippen LogP contribution in [-0.2, 0) is 12.8 Å². The van der Waals surface area contributed by atoms with E-state index >= 15 is 0 Å². The molecule has 0 bridgehead atoms. The third-order valence-electron chi connectivity index (χ3n) is 3.90. The number of fused-ring (bicyclic) bond motifs is 1. The van der Waals surface area contributed by atoms with Crippen LogP contribution in [0.3, 0.4) is 0 Å². The van der Waals surface area contributed by atoms with E-state index in [0.717, 1.165) is 11.3 Å². The number of aryl methyl sites for hydroxylation is 1. The van der Waals surface area contributed by atoms with Gasteiger partial charge in [-0.15, -0.1) is 0 Å². The fraction of sp³-hybridized carbons (Fsp3) is 0.312. The molecular weight excluding hydrogens is 269 g/mol. The topological polar surface area (TPSA) is 68.9 Å². The van der Waals surface area contributed by atoms with Gasteiger partial charge in [0.05, 0.1) is 17.0 Å². The summed E-state index contributed by atoms with van der Waals surface area (Å²) in [6.45, 7) is 1.95. The highest BCUT2D eigenvalue weighted by Crippen LogP contribution is 2.33. The average molecular weight is 285 g/mol. The van der Waals surface area contributed by atoms with Crippen LogP contribution in [0.5, 0.6) is 0 Å². The zero-order chi connectivity index (χ0) is 15.0. The van der Waals surface area contributed by atoms with Gasteiger partial charge in [0.2, 0.25) is 5.95 Å². The van der Waals surface area contributed by atoms with Crippen molar-refractivity contribution in [3.8, 4) is 0 Å². The molecule has 0 saturated heterocycles.